The summed E-state index contributed by atoms with van der Waals surface area (Å²) in [4.78, 5) is 18.7. The monoisotopic (exact) mass is 452 g/mol. The highest BCUT2D eigenvalue weighted by Crippen LogP contribution is 2.31. The molecule has 1 aliphatic heterocycles. The molecule has 1 atom stereocenters. The summed E-state index contributed by atoms with van der Waals surface area (Å²) in [7, 11) is 0. The van der Waals surface area contributed by atoms with Gasteiger partial charge in [-0.15, -0.1) is 0 Å². The standard InChI is InChI=1S/C23H31F3N4O2/c1-3-29(4-2)20(21-9-6-14-32-21)16-27-22(31)17-28-10-12-30(13-11-28)19-8-5-7-18(15-19)23(24,25)26/h5-9,14-15,20H,3-4,10-13,16-17H2,1-2H3,(H,27,31). The Kier molecular flexibility index (Phi) is 8.20. The van der Waals surface area contributed by atoms with Crippen LogP contribution in [0, 0.1) is 0 Å². The second kappa shape index (κ2) is 10.9. The highest BCUT2D eigenvalue weighted by atomic mass is 19.4. The smallest absolute Gasteiger partial charge is 0.416 e. The molecule has 2 heterocycles. The molecule has 0 spiro atoms. The van der Waals surface area contributed by atoms with Crippen LogP contribution < -0.4 is 10.2 Å². The number of carbonyl (C=O) groups excluding carboxylic acids is 1. The van der Waals surface area contributed by atoms with E-state index in [0.29, 0.717) is 38.4 Å². The van der Waals surface area contributed by atoms with Crippen LogP contribution in [0.25, 0.3) is 0 Å². The lowest BCUT2D eigenvalue weighted by molar-refractivity contribution is -0.137. The van der Waals surface area contributed by atoms with Crippen molar-refractivity contribution < 1.29 is 22.4 Å². The van der Waals surface area contributed by atoms with Crippen molar-refractivity contribution in [1.82, 2.24) is 15.1 Å². The van der Waals surface area contributed by atoms with Gasteiger partial charge in [-0.1, -0.05) is 19.9 Å². The summed E-state index contributed by atoms with van der Waals surface area (Å²) in [6.45, 7) is 8.92. The fourth-order valence-corrected chi connectivity index (χ4v) is 4.07. The zero-order valence-corrected chi connectivity index (χ0v) is 18.6. The minimum absolute atomic E-state index is 0.0262. The molecule has 1 fully saturated rings. The molecule has 0 radical (unpaired) electrons. The van der Waals surface area contributed by atoms with Gasteiger partial charge in [-0.05, 0) is 43.4 Å². The number of furan rings is 1. The molecule has 0 aliphatic carbocycles. The second-order valence-corrected chi connectivity index (χ2v) is 7.87. The van der Waals surface area contributed by atoms with Crippen LogP contribution in [0.15, 0.2) is 47.1 Å². The summed E-state index contributed by atoms with van der Waals surface area (Å²) >= 11 is 0. The molecule has 1 aromatic carbocycles. The van der Waals surface area contributed by atoms with Crippen molar-refractivity contribution in [3.63, 3.8) is 0 Å². The van der Waals surface area contributed by atoms with Crippen LogP contribution in [-0.4, -0.2) is 68.1 Å². The van der Waals surface area contributed by atoms with Gasteiger partial charge in [-0.25, -0.2) is 0 Å². The van der Waals surface area contributed by atoms with Gasteiger partial charge in [0.25, 0.3) is 0 Å². The summed E-state index contributed by atoms with van der Waals surface area (Å²) < 4.78 is 44.5. The van der Waals surface area contributed by atoms with E-state index in [4.69, 9.17) is 4.42 Å². The van der Waals surface area contributed by atoms with Gasteiger partial charge in [0.2, 0.25) is 5.91 Å². The predicted octanol–water partition coefficient (Wildman–Crippen LogP) is 3.62. The Morgan fingerprint density at radius 2 is 1.84 bits per heavy atom. The Labute approximate surface area is 187 Å². The fourth-order valence-electron chi connectivity index (χ4n) is 4.07. The SMILES string of the molecule is CCN(CC)C(CNC(=O)CN1CCN(c2cccc(C(F)(F)F)c2)CC1)c1ccco1. The maximum Gasteiger partial charge on any atom is 0.416 e. The van der Waals surface area contributed by atoms with Crippen molar-refractivity contribution in [2.24, 2.45) is 0 Å². The zero-order valence-electron chi connectivity index (χ0n) is 18.6. The lowest BCUT2D eigenvalue weighted by Gasteiger charge is -2.36. The number of halogens is 3. The van der Waals surface area contributed by atoms with Gasteiger partial charge in [-0.2, -0.15) is 13.2 Å². The van der Waals surface area contributed by atoms with E-state index in [0.717, 1.165) is 24.9 Å². The summed E-state index contributed by atoms with van der Waals surface area (Å²) in [5.74, 6) is 0.755. The Bertz CT molecular complexity index is 845. The number of nitrogens with one attached hydrogen (secondary N) is 1. The van der Waals surface area contributed by atoms with Crippen LogP contribution in [0.1, 0.15) is 31.2 Å². The number of carbonyl (C=O) groups is 1. The van der Waals surface area contributed by atoms with E-state index in [1.807, 2.05) is 21.9 Å². The highest BCUT2D eigenvalue weighted by Gasteiger charge is 2.31. The number of benzene rings is 1. The van der Waals surface area contributed by atoms with Gasteiger partial charge in [0, 0.05) is 38.4 Å². The minimum Gasteiger partial charge on any atom is -0.468 e. The van der Waals surface area contributed by atoms with E-state index in [9.17, 15) is 18.0 Å². The first-order chi connectivity index (χ1) is 15.3. The number of alkyl halides is 3. The molecule has 1 amide bonds. The van der Waals surface area contributed by atoms with E-state index in [1.165, 1.54) is 12.1 Å². The Morgan fingerprint density at radius 1 is 1.12 bits per heavy atom. The van der Waals surface area contributed by atoms with Crippen LogP contribution in [-0.2, 0) is 11.0 Å². The molecular weight excluding hydrogens is 421 g/mol. The molecule has 1 unspecified atom stereocenters. The number of hydrogen-bond acceptors (Lipinski definition) is 5. The fraction of sp³-hybridized carbons (Fsp3) is 0.522. The average Bonchev–Trinajstić information content (AvgIpc) is 3.31. The number of piperazine rings is 1. The number of hydrogen-bond donors (Lipinski definition) is 1. The summed E-state index contributed by atoms with van der Waals surface area (Å²) in [6.07, 6.45) is -2.72. The number of anilines is 1. The summed E-state index contributed by atoms with van der Waals surface area (Å²) in [6, 6.07) is 9.13. The van der Waals surface area contributed by atoms with Crippen molar-refractivity contribution >= 4 is 11.6 Å². The maximum absolute atomic E-state index is 13.0. The lowest BCUT2D eigenvalue weighted by atomic mass is 10.1. The van der Waals surface area contributed by atoms with Gasteiger partial charge >= 0.3 is 6.18 Å². The number of amides is 1. The molecule has 1 aromatic heterocycles. The van der Waals surface area contributed by atoms with Crippen LogP contribution in [0.4, 0.5) is 18.9 Å². The molecule has 1 saturated heterocycles. The second-order valence-electron chi connectivity index (χ2n) is 7.87. The van der Waals surface area contributed by atoms with Crippen LogP contribution >= 0.6 is 0 Å². The Morgan fingerprint density at radius 3 is 2.44 bits per heavy atom. The minimum atomic E-state index is -4.35. The molecule has 0 saturated carbocycles. The van der Waals surface area contributed by atoms with E-state index < -0.39 is 11.7 Å². The van der Waals surface area contributed by atoms with Crippen molar-refractivity contribution in [1.29, 1.82) is 0 Å². The normalized spacial score (nSPS) is 16.4. The zero-order chi connectivity index (χ0) is 23.1. The Hall–Kier alpha value is -2.52. The average molecular weight is 453 g/mol. The molecule has 1 aliphatic rings. The molecular formula is C23H31F3N4O2. The topological polar surface area (TPSA) is 52.0 Å². The quantitative estimate of drug-likeness (QED) is 0.630. The molecule has 32 heavy (non-hydrogen) atoms. The molecule has 176 valence electrons. The van der Waals surface area contributed by atoms with Crippen molar-refractivity contribution in [2.75, 3.05) is 57.3 Å². The number of likely N-dealkylation sites (N-methyl/N-ethyl adjacent to an activating group) is 1. The maximum atomic E-state index is 13.0. The third kappa shape index (κ3) is 6.26. The largest absolute Gasteiger partial charge is 0.468 e. The van der Waals surface area contributed by atoms with Gasteiger partial charge < -0.3 is 14.6 Å². The molecule has 6 nitrogen and oxygen atoms in total. The third-order valence-electron chi connectivity index (χ3n) is 5.90. The van der Waals surface area contributed by atoms with Crippen LogP contribution in [0.3, 0.4) is 0 Å². The van der Waals surface area contributed by atoms with Crippen LogP contribution in [0.2, 0.25) is 0 Å². The van der Waals surface area contributed by atoms with E-state index in [-0.39, 0.29) is 18.5 Å². The molecule has 1 N–H and O–H groups in total. The van der Waals surface area contributed by atoms with Gasteiger partial charge in [0.1, 0.15) is 5.76 Å². The van der Waals surface area contributed by atoms with Gasteiger partial charge in [0.15, 0.2) is 0 Å². The number of rotatable bonds is 9. The van der Waals surface area contributed by atoms with Gasteiger partial charge in [0.05, 0.1) is 24.4 Å². The summed E-state index contributed by atoms with van der Waals surface area (Å²) in [5.41, 5.74) is -0.0828. The first-order valence-electron chi connectivity index (χ1n) is 11.0. The van der Waals surface area contributed by atoms with Crippen molar-refractivity contribution in [3.8, 4) is 0 Å². The van der Waals surface area contributed by atoms with E-state index in [2.05, 4.69) is 24.1 Å². The Balaban J connectivity index is 1.49. The highest BCUT2D eigenvalue weighted by molar-refractivity contribution is 5.78. The summed E-state index contributed by atoms with van der Waals surface area (Å²) in [5, 5.41) is 3.01. The number of nitrogens with zero attached hydrogens (tertiary/aromatic N) is 3. The van der Waals surface area contributed by atoms with E-state index in [1.54, 1.807) is 12.3 Å². The molecule has 2 aromatic rings. The van der Waals surface area contributed by atoms with Crippen molar-refractivity contribution in [3.05, 3.63) is 54.0 Å². The molecule has 9 heteroatoms. The molecule has 0 bridgehead atoms. The third-order valence-corrected chi connectivity index (χ3v) is 5.90. The van der Waals surface area contributed by atoms with Gasteiger partial charge in [-0.3, -0.25) is 14.6 Å². The molecule has 3 rings (SSSR count). The van der Waals surface area contributed by atoms with Crippen LogP contribution in [0.5, 0.6) is 0 Å². The van der Waals surface area contributed by atoms with Crippen molar-refractivity contribution in [2.45, 2.75) is 26.1 Å². The predicted molar refractivity (Wildman–Crippen MR) is 117 cm³/mol. The van der Waals surface area contributed by atoms with E-state index >= 15 is 0 Å². The first-order valence-corrected chi connectivity index (χ1v) is 11.0. The lowest BCUT2D eigenvalue weighted by Crippen LogP contribution is -2.50. The first kappa shape index (κ1) is 24.1.